The molecule has 0 fully saturated rings. The van der Waals surface area contributed by atoms with Crippen molar-refractivity contribution >= 4 is 11.9 Å². The lowest BCUT2D eigenvalue weighted by atomic mass is 9.94. The van der Waals surface area contributed by atoms with Crippen molar-refractivity contribution in [2.75, 3.05) is 20.6 Å². The second kappa shape index (κ2) is 19.3. The molecule has 0 radical (unpaired) electrons. The molecule has 0 spiro atoms. The van der Waals surface area contributed by atoms with Crippen molar-refractivity contribution < 1.29 is 14.7 Å². The number of nitrogens with zero attached hydrogens (tertiary/aromatic N) is 1. The fourth-order valence-corrected chi connectivity index (χ4v) is 3.63. The van der Waals surface area contributed by atoms with E-state index in [0.717, 1.165) is 12.8 Å². The van der Waals surface area contributed by atoms with Crippen LogP contribution in [0.15, 0.2) is 12.2 Å². The molecule has 31 heavy (non-hydrogen) atoms. The number of rotatable bonds is 21. The van der Waals surface area contributed by atoms with E-state index in [4.69, 9.17) is 0 Å². The van der Waals surface area contributed by atoms with Gasteiger partial charge < -0.3 is 10.4 Å². The average Bonchev–Trinajstić information content (AvgIpc) is 2.73. The highest BCUT2D eigenvalue weighted by molar-refractivity contribution is 5.78. The molecule has 2 N–H and O–H groups in total. The average molecular weight is 439 g/mol. The van der Waals surface area contributed by atoms with Crippen LogP contribution in [-0.2, 0) is 9.59 Å². The molecule has 1 amide bonds. The summed E-state index contributed by atoms with van der Waals surface area (Å²) in [5.41, 5.74) is -0.881. The van der Waals surface area contributed by atoms with E-state index in [1.807, 2.05) is 0 Å². The minimum Gasteiger partial charge on any atom is -0.480 e. The van der Waals surface area contributed by atoms with Gasteiger partial charge in [-0.3, -0.25) is 14.5 Å². The molecule has 0 aliphatic carbocycles. The maximum atomic E-state index is 11.9. The molecule has 0 aromatic rings. The van der Waals surface area contributed by atoms with Crippen LogP contribution in [0.3, 0.4) is 0 Å². The number of carboxylic acid groups (broad SMARTS) is 1. The fraction of sp³-hybridized carbons (Fsp3) is 0.846. The summed E-state index contributed by atoms with van der Waals surface area (Å²) in [6, 6.07) is 0. The molecule has 0 aromatic carbocycles. The number of allylic oxidation sites excluding steroid dienone is 2. The lowest BCUT2D eigenvalue weighted by Crippen LogP contribution is -2.48. The van der Waals surface area contributed by atoms with Gasteiger partial charge >= 0.3 is 5.97 Å². The molecule has 0 aromatic heterocycles. The summed E-state index contributed by atoms with van der Waals surface area (Å²) in [6.45, 7) is 4.53. The molecule has 0 aliphatic rings. The lowest BCUT2D eigenvalue weighted by Gasteiger charge is -2.32. The first kappa shape index (κ1) is 29.6. The SMILES string of the molecule is CCCCCCCC/C=C\CCCCCCCC(=O)NCCCC(C)(C(=O)O)N(C)C. The summed E-state index contributed by atoms with van der Waals surface area (Å²) >= 11 is 0. The zero-order chi connectivity index (χ0) is 23.4. The third-order valence-electron chi connectivity index (χ3n) is 6.28. The van der Waals surface area contributed by atoms with Gasteiger partial charge in [-0.1, -0.05) is 70.4 Å². The van der Waals surface area contributed by atoms with Gasteiger partial charge in [-0.2, -0.15) is 0 Å². The second-order valence-electron chi connectivity index (χ2n) is 9.26. The molecule has 0 aliphatic heterocycles. The molecule has 1 unspecified atom stereocenters. The van der Waals surface area contributed by atoms with Crippen molar-refractivity contribution in [3.63, 3.8) is 0 Å². The van der Waals surface area contributed by atoms with E-state index in [0.29, 0.717) is 25.8 Å². The minimum atomic E-state index is -0.881. The van der Waals surface area contributed by atoms with Crippen molar-refractivity contribution in [2.45, 2.75) is 122 Å². The van der Waals surface area contributed by atoms with Crippen molar-refractivity contribution in [1.29, 1.82) is 0 Å². The highest BCUT2D eigenvalue weighted by Gasteiger charge is 2.34. The normalized spacial score (nSPS) is 13.6. The molecular formula is C26H50N2O3. The van der Waals surface area contributed by atoms with Crippen molar-refractivity contribution in [1.82, 2.24) is 10.2 Å². The van der Waals surface area contributed by atoms with Gasteiger partial charge in [0.05, 0.1) is 0 Å². The van der Waals surface area contributed by atoms with Crippen molar-refractivity contribution in [2.24, 2.45) is 0 Å². The molecule has 182 valence electrons. The topological polar surface area (TPSA) is 69.6 Å². The maximum Gasteiger partial charge on any atom is 0.323 e. The van der Waals surface area contributed by atoms with Crippen molar-refractivity contribution in [3.8, 4) is 0 Å². The minimum absolute atomic E-state index is 0.0829. The first-order chi connectivity index (χ1) is 14.8. The van der Waals surface area contributed by atoms with E-state index < -0.39 is 11.5 Å². The van der Waals surface area contributed by atoms with E-state index in [9.17, 15) is 14.7 Å². The van der Waals surface area contributed by atoms with Gasteiger partial charge in [-0.15, -0.1) is 0 Å². The quantitative estimate of drug-likeness (QED) is 0.162. The van der Waals surface area contributed by atoms with Crippen LogP contribution in [0.25, 0.3) is 0 Å². The smallest absolute Gasteiger partial charge is 0.323 e. The van der Waals surface area contributed by atoms with Gasteiger partial charge in [-0.25, -0.2) is 0 Å². The molecule has 5 nitrogen and oxygen atoms in total. The van der Waals surface area contributed by atoms with Crippen LogP contribution < -0.4 is 5.32 Å². The van der Waals surface area contributed by atoms with Crippen LogP contribution in [0.5, 0.6) is 0 Å². The van der Waals surface area contributed by atoms with Crippen LogP contribution in [0.2, 0.25) is 0 Å². The Bertz CT molecular complexity index is 491. The Balaban J connectivity index is 3.50. The van der Waals surface area contributed by atoms with Crippen LogP contribution in [-0.4, -0.2) is 48.1 Å². The number of carbonyl (C=O) groups is 2. The van der Waals surface area contributed by atoms with Crippen LogP contribution >= 0.6 is 0 Å². The maximum absolute atomic E-state index is 11.9. The Morgan fingerprint density at radius 2 is 1.35 bits per heavy atom. The lowest BCUT2D eigenvalue weighted by molar-refractivity contribution is -0.149. The number of nitrogens with one attached hydrogen (secondary N) is 1. The predicted octanol–water partition coefficient (Wildman–Crippen LogP) is 6.33. The number of carboxylic acids is 1. The Hall–Kier alpha value is -1.36. The predicted molar refractivity (Wildman–Crippen MR) is 131 cm³/mol. The second-order valence-corrected chi connectivity index (χ2v) is 9.26. The van der Waals surface area contributed by atoms with Gasteiger partial charge in [0.1, 0.15) is 5.54 Å². The van der Waals surface area contributed by atoms with Gasteiger partial charge in [0.25, 0.3) is 0 Å². The number of likely N-dealkylation sites (N-methyl/N-ethyl adjacent to an activating group) is 1. The number of amides is 1. The molecule has 0 rings (SSSR count). The monoisotopic (exact) mass is 438 g/mol. The number of hydrogen-bond donors (Lipinski definition) is 2. The molecule has 5 heteroatoms. The van der Waals surface area contributed by atoms with E-state index in [1.54, 1.807) is 25.9 Å². The van der Waals surface area contributed by atoms with E-state index >= 15 is 0 Å². The summed E-state index contributed by atoms with van der Waals surface area (Å²) in [4.78, 5) is 25.1. The van der Waals surface area contributed by atoms with Crippen molar-refractivity contribution in [3.05, 3.63) is 12.2 Å². The first-order valence-corrected chi connectivity index (χ1v) is 12.7. The highest BCUT2D eigenvalue weighted by atomic mass is 16.4. The summed E-state index contributed by atoms with van der Waals surface area (Å²) in [6.07, 6.45) is 22.7. The molecule has 0 heterocycles. The van der Waals surface area contributed by atoms with Crippen LogP contribution in [0.4, 0.5) is 0 Å². The molecule has 1 atom stereocenters. The van der Waals surface area contributed by atoms with E-state index in [2.05, 4.69) is 24.4 Å². The van der Waals surface area contributed by atoms with Crippen LogP contribution in [0.1, 0.15) is 117 Å². The van der Waals surface area contributed by atoms with Crippen LogP contribution in [0, 0.1) is 0 Å². The Morgan fingerprint density at radius 3 is 1.87 bits per heavy atom. The van der Waals surface area contributed by atoms with E-state index in [1.165, 1.54) is 70.6 Å². The Labute approximate surface area is 192 Å². The largest absolute Gasteiger partial charge is 0.480 e. The molecular weight excluding hydrogens is 388 g/mol. The van der Waals surface area contributed by atoms with E-state index in [-0.39, 0.29) is 5.91 Å². The van der Waals surface area contributed by atoms with Gasteiger partial charge in [-0.05, 0) is 66.0 Å². The molecule has 0 saturated carbocycles. The standard InChI is InChI=1S/C26H50N2O3/c1-5-6-7-8-9-10-11-12-13-14-15-16-17-18-19-21-24(29)27-23-20-22-26(2,25(30)31)28(3)4/h12-13H,5-11,14-23H2,1-4H3,(H,27,29)(H,30,31)/b13-12-. The first-order valence-electron chi connectivity index (χ1n) is 12.7. The highest BCUT2D eigenvalue weighted by Crippen LogP contribution is 2.18. The molecule has 0 bridgehead atoms. The summed E-state index contributed by atoms with van der Waals surface area (Å²) < 4.78 is 0. The third-order valence-corrected chi connectivity index (χ3v) is 6.28. The zero-order valence-electron chi connectivity index (χ0n) is 20.9. The number of aliphatic carboxylic acids is 1. The number of hydrogen-bond acceptors (Lipinski definition) is 3. The van der Waals surface area contributed by atoms with Gasteiger partial charge in [0.15, 0.2) is 0 Å². The summed E-state index contributed by atoms with van der Waals surface area (Å²) in [7, 11) is 3.55. The third kappa shape index (κ3) is 16.0. The number of carbonyl (C=O) groups excluding carboxylic acids is 1. The number of unbranched alkanes of at least 4 members (excludes halogenated alkanes) is 11. The zero-order valence-corrected chi connectivity index (χ0v) is 20.9. The Kier molecular flexibility index (Phi) is 18.5. The molecule has 0 saturated heterocycles. The summed E-state index contributed by atoms with van der Waals surface area (Å²) in [5.74, 6) is -0.739. The van der Waals surface area contributed by atoms with Gasteiger partial charge in [0.2, 0.25) is 5.91 Å². The fourth-order valence-electron chi connectivity index (χ4n) is 3.63. The van der Waals surface area contributed by atoms with Gasteiger partial charge in [0, 0.05) is 13.0 Å². The Morgan fingerprint density at radius 1 is 0.839 bits per heavy atom. The summed E-state index contributed by atoms with van der Waals surface area (Å²) in [5, 5.41) is 12.3.